The number of thioether (sulfide) groups is 1. The third kappa shape index (κ3) is 4.71. The molecule has 10 heteroatoms. The lowest BCUT2D eigenvalue weighted by Gasteiger charge is -2.07. The van der Waals surface area contributed by atoms with E-state index in [-0.39, 0.29) is 11.7 Å². The lowest BCUT2D eigenvalue weighted by molar-refractivity contribution is -0.113. The van der Waals surface area contributed by atoms with Crippen molar-refractivity contribution < 1.29 is 14.3 Å². The van der Waals surface area contributed by atoms with Crippen molar-refractivity contribution in [3.05, 3.63) is 45.0 Å². The fraction of sp³-hybridized carbons (Fsp3) is 0.250. The Kier molecular flexibility index (Phi) is 6.42. The number of hydrogen-bond acceptors (Lipinski definition) is 8. The van der Waals surface area contributed by atoms with Gasteiger partial charge in [-0.1, -0.05) is 17.8 Å². The molecular weight excluding hydrogens is 392 g/mol. The number of nitrogens with zero attached hydrogens (tertiary/aromatic N) is 3. The van der Waals surface area contributed by atoms with Crippen molar-refractivity contribution in [2.75, 3.05) is 18.2 Å². The average Bonchev–Trinajstić information content (AvgIpc) is 3.39. The van der Waals surface area contributed by atoms with Crippen LogP contribution < -0.4 is 5.32 Å². The van der Waals surface area contributed by atoms with Crippen molar-refractivity contribution in [1.29, 1.82) is 0 Å². The molecule has 0 saturated heterocycles. The fourth-order valence-electron chi connectivity index (χ4n) is 2.17. The predicted octanol–water partition coefficient (Wildman–Crippen LogP) is 3.16. The van der Waals surface area contributed by atoms with Crippen LogP contribution in [0.15, 0.2) is 40.4 Å². The van der Waals surface area contributed by atoms with Crippen LogP contribution in [0.25, 0.3) is 0 Å². The maximum absolute atomic E-state index is 12.2. The summed E-state index contributed by atoms with van der Waals surface area (Å²) in [6.07, 6.45) is 2.56. The average molecular weight is 409 g/mol. The second kappa shape index (κ2) is 8.97. The van der Waals surface area contributed by atoms with Gasteiger partial charge >= 0.3 is 5.97 Å². The van der Waals surface area contributed by atoms with Gasteiger partial charge in [-0.25, -0.2) is 4.79 Å². The first-order chi connectivity index (χ1) is 12.7. The number of hydrogen-bond donors (Lipinski definition) is 1. The Balaban J connectivity index is 1.53. The van der Waals surface area contributed by atoms with Crippen LogP contribution in [0.1, 0.15) is 14.5 Å². The van der Waals surface area contributed by atoms with E-state index in [1.165, 1.54) is 35.1 Å². The van der Waals surface area contributed by atoms with Crippen LogP contribution >= 0.6 is 34.4 Å². The van der Waals surface area contributed by atoms with Crippen LogP contribution in [-0.2, 0) is 22.5 Å². The van der Waals surface area contributed by atoms with Crippen molar-refractivity contribution >= 4 is 52.0 Å². The standard InChI is InChI=1S/C16H16N4O3S3/c1-23-15(22)14-12(5-8-25-14)18-13(21)9-26-16-19-17-10-20(16)6-4-11-3-2-7-24-11/h2-3,5,7-8,10H,4,6,9H2,1H3,(H,18,21). The van der Waals surface area contributed by atoms with Gasteiger partial charge in [0.15, 0.2) is 5.16 Å². The molecule has 0 atom stereocenters. The highest BCUT2D eigenvalue weighted by atomic mass is 32.2. The quantitative estimate of drug-likeness (QED) is 0.455. The molecule has 0 aromatic carbocycles. The Morgan fingerprint density at radius 3 is 2.96 bits per heavy atom. The Bertz CT molecular complexity index is 873. The van der Waals surface area contributed by atoms with Gasteiger partial charge in [0.2, 0.25) is 5.91 Å². The first kappa shape index (κ1) is 18.6. The molecule has 0 spiro atoms. The zero-order valence-corrected chi connectivity index (χ0v) is 16.3. The molecule has 0 aliphatic heterocycles. The lowest BCUT2D eigenvalue weighted by Crippen LogP contribution is -2.16. The number of methoxy groups -OCH3 is 1. The van der Waals surface area contributed by atoms with Crippen LogP contribution in [0.5, 0.6) is 0 Å². The van der Waals surface area contributed by atoms with Gasteiger partial charge in [-0.3, -0.25) is 4.79 Å². The number of carbonyl (C=O) groups excluding carboxylic acids is 2. The Labute approximate surface area is 162 Å². The number of esters is 1. The van der Waals surface area contributed by atoms with Gasteiger partial charge < -0.3 is 14.6 Å². The van der Waals surface area contributed by atoms with E-state index in [0.717, 1.165) is 13.0 Å². The summed E-state index contributed by atoms with van der Waals surface area (Å²) in [6.45, 7) is 0.758. The minimum absolute atomic E-state index is 0.175. The summed E-state index contributed by atoms with van der Waals surface area (Å²) in [7, 11) is 1.31. The molecule has 0 aliphatic rings. The van der Waals surface area contributed by atoms with E-state index in [1.807, 2.05) is 10.6 Å². The first-order valence-electron chi connectivity index (χ1n) is 7.66. The van der Waals surface area contributed by atoms with Crippen molar-refractivity contribution in [3.63, 3.8) is 0 Å². The van der Waals surface area contributed by atoms with Crippen LogP contribution in [0, 0.1) is 0 Å². The zero-order valence-electron chi connectivity index (χ0n) is 13.9. The molecule has 3 aromatic heterocycles. The van der Waals surface area contributed by atoms with E-state index >= 15 is 0 Å². The number of aryl methyl sites for hydroxylation is 2. The highest BCUT2D eigenvalue weighted by Crippen LogP contribution is 2.24. The minimum atomic E-state index is -0.462. The molecule has 0 fully saturated rings. The molecule has 1 N–H and O–H groups in total. The van der Waals surface area contributed by atoms with Gasteiger partial charge in [0, 0.05) is 11.4 Å². The lowest BCUT2D eigenvalue weighted by atomic mass is 10.3. The number of ether oxygens (including phenoxy) is 1. The Hall–Kier alpha value is -2.17. The van der Waals surface area contributed by atoms with Crippen LogP contribution in [-0.4, -0.2) is 39.5 Å². The van der Waals surface area contributed by atoms with Crippen LogP contribution in [0.4, 0.5) is 5.69 Å². The van der Waals surface area contributed by atoms with Crippen molar-refractivity contribution in [3.8, 4) is 0 Å². The highest BCUT2D eigenvalue weighted by molar-refractivity contribution is 7.99. The monoisotopic (exact) mass is 408 g/mol. The second-order valence-corrected chi connectivity index (χ2v) is 8.02. The number of nitrogens with one attached hydrogen (secondary N) is 1. The summed E-state index contributed by atoms with van der Waals surface area (Å²) in [5, 5.41) is 15.2. The molecule has 3 heterocycles. The number of rotatable bonds is 8. The van der Waals surface area contributed by atoms with Gasteiger partial charge in [0.05, 0.1) is 18.6 Å². The van der Waals surface area contributed by atoms with Crippen molar-refractivity contribution in [2.24, 2.45) is 0 Å². The molecule has 136 valence electrons. The third-order valence-corrected chi connectivity index (χ3v) is 6.21. The number of carbonyl (C=O) groups is 2. The van der Waals surface area contributed by atoms with E-state index in [0.29, 0.717) is 15.7 Å². The Morgan fingerprint density at radius 2 is 2.19 bits per heavy atom. The number of amides is 1. The molecule has 0 unspecified atom stereocenters. The van der Waals surface area contributed by atoms with Crippen molar-refractivity contribution in [2.45, 2.75) is 18.1 Å². The molecule has 0 bridgehead atoms. The summed E-state index contributed by atoms with van der Waals surface area (Å²) in [4.78, 5) is 25.5. The van der Waals surface area contributed by atoms with Gasteiger partial charge in [-0.2, -0.15) is 0 Å². The summed E-state index contributed by atoms with van der Waals surface area (Å²) in [6, 6.07) is 5.80. The van der Waals surface area contributed by atoms with Gasteiger partial charge in [0.25, 0.3) is 0 Å². The molecule has 3 rings (SSSR count). The zero-order chi connectivity index (χ0) is 18.4. The Morgan fingerprint density at radius 1 is 1.31 bits per heavy atom. The molecule has 3 aromatic rings. The highest BCUT2D eigenvalue weighted by Gasteiger charge is 2.16. The molecule has 26 heavy (non-hydrogen) atoms. The summed E-state index contributed by atoms with van der Waals surface area (Å²) in [5.41, 5.74) is 0.464. The SMILES string of the molecule is COC(=O)c1sccc1NC(=O)CSc1nncn1CCc1cccs1. The van der Waals surface area contributed by atoms with Gasteiger partial charge in [-0.15, -0.1) is 32.9 Å². The maximum Gasteiger partial charge on any atom is 0.350 e. The van der Waals surface area contributed by atoms with E-state index in [9.17, 15) is 9.59 Å². The van der Waals surface area contributed by atoms with Crippen LogP contribution in [0.2, 0.25) is 0 Å². The summed E-state index contributed by atoms with van der Waals surface area (Å²) in [5.74, 6) is -0.503. The molecule has 0 saturated carbocycles. The molecule has 1 amide bonds. The summed E-state index contributed by atoms with van der Waals surface area (Å²) >= 11 is 4.25. The minimum Gasteiger partial charge on any atom is -0.465 e. The maximum atomic E-state index is 12.2. The first-order valence-corrected chi connectivity index (χ1v) is 10.4. The smallest absolute Gasteiger partial charge is 0.350 e. The van der Waals surface area contributed by atoms with Gasteiger partial charge in [0.1, 0.15) is 11.2 Å². The molecule has 7 nitrogen and oxygen atoms in total. The van der Waals surface area contributed by atoms with E-state index in [1.54, 1.807) is 29.1 Å². The van der Waals surface area contributed by atoms with Crippen molar-refractivity contribution in [1.82, 2.24) is 14.8 Å². The normalized spacial score (nSPS) is 10.7. The largest absolute Gasteiger partial charge is 0.465 e. The predicted molar refractivity (Wildman–Crippen MR) is 103 cm³/mol. The third-order valence-electron chi connectivity index (χ3n) is 3.40. The molecule has 0 radical (unpaired) electrons. The topological polar surface area (TPSA) is 86.1 Å². The summed E-state index contributed by atoms with van der Waals surface area (Å²) < 4.78 is 6.64. The number of aromatic nitrogens is 3. The number of thiophene rings is 2. The molecule has 0 aliphatic carbocycles. The van der Waals surface area contributed by atoms with Crippen LogP contribution in [0.3, 0.4) is 0 Å². The molecular formula is C16H16N4O3S3. The van der Waals surface area contributed by atoms with E-state index in [2.05, 4.69) is 27.0 Å². The van der Waals surface area contributed by atoms with E-state index in [4.69, 9.17) is 4.74 Å². The number of anilines is 1. The second-order valence-electron chi connectivity index (χ2n) is 5.13. The van der Waals surface area contributed by atoms with E-state index < -0.39 is 5.97 Å². The van der Waals surface area contributed by atoms with Gasteiger partial charge in [-0.05, 0) is 29.3 Å². The fourth-order valence-corrected chi connectivity index (χ4v) is 4.38.